The molecule has 2 aromatic heterocycles. The number of aromatic nitrogens is 2. The molecule has 1 saturated carbocycles. The van der Waals surface area contributed by atoms with Gasteiger partial charge in [0.1, 0.15) is 22.7 Å². The van der Waals surface area contributed by atoms with E-state index in [1.165, 1.54) is 16.2 Å². The summed E-state index contributed by atoms with van der Waals surface area (Å²) in [6, 6.07) is 5.71. The summed E-state index contributed by atoms with van der Waals surface area (Å²) in [4.78, 5) is 17.0. The number of aryl methyl sites for hydroxylation is 1. The Balaban J connectivity index is 1.08. The largest absolute Gasteiger partial charge is 0.463 e. The highest BCUT2D eigenvalue weighted by Gasteiger charge is 2.53. The number of rotatable bonds is 7. The summed E-state index contributed by atoms with van der Waals surface area (Å²) in [5, 5.41) is 24.5. The monoisotopic (exact) mass is 607 g/mol. The molecule has 2 aliphatic carbocycles. The van der Waals surface area contributed by atoms with Crippen LogP contribution < -0.4 is 25.6 Å². The zero-order valence-electron chi connectivity index (χ0n) is 24.0. The highest BCUT2D eigenvalue weighted by Crippen LogP contribution is 2.53. The maximum absolute atomic E-state index is 13.8. The van der Waals surface area contributed by atoms with Crippen LogP contribution in [0.5, 0.6) is 6.01 Å². The number of piperazine rings is 1. The fourth-order valence-corrected chi connectivity index (χ4v) is 9.28. The molecular weight excluding hydrogens is 572 g/mol. The lowest BCUT2D eigenvalue weighted by Gasteiger charge is -2.49. The first-order valence-corrected chi connectivity index (χ1v) is 16.1. The van der Waals surface area contributed by atoms with Crippen LogP contribution in [0.1, 0.15) is 60.1 Å². The lowest BCUT2D eigenvalue weighted by atomic mass is 9.74. The molecule has 2 bridgehead atoms. The third-order valence-corrected chi connectivity index (χ3v) is 11.6. The van der Waals surface area contributed by atoms with Crippen molar-refractivity contribution >= 4 is 28.0 Å². The molecule has 43 heavy (non-hydrogen) atoms. The Hall–Kier alpha value is -3.26. The van der Waals surface area contributed by atoms with Gasteiger partial charge in [0.15, 0.2) is 11.6 Å². The molecule has 2 aromatic rings. The first-order chi connectivity index (χ1) is 20.7. The SMILES string of the molecule is N#Cc1c(N2CC3CC[C@@H](C2)N3)nc(OCC2(CN3CCC(F)(F)C3)CC2)nc1N1CC2(CCc3sc(N)c(C#N)c32)C1. The van der Waals surface area contributed by atoms with Crippen LogP contribution in [0, 0.1) is 28.1 Å². The van der Waals surface area contributed by atoms with Crippen molar-refractivity contribution in [3.63, 3.8) is 0 Å². The Morgan fingerprint density at radius 1 is 0.977 bits per heavy atom. The maximum Gasteiger partial charge on any atom is 0.320 e. The van der Waals surface area contributed by atoms with E-state index in [4.69, 9.17) is 20.4 Å². The van der Waals surface area contributed by atoms with E-state index in [0.29, 0.717) is 72.6 Å². The molecule has 3 N–H and O–H groups in total. The molecule has 0 aromatic carbocycles. The average Bonchev–Trinajstić information content (AvgIpc) is 3.17. The number of fused-ring (bicyclic) bond motifs is 4. The van der Waals surface area contributed by atoms with Crippen molar-refractivity contribution in [3.05, 3.63) is 21.6 Å². The minimum atomic E-state index is -2.61. The normalized spacial score (nSPS) is 27.5. The lowest BCUT2D eigenvalue weighted by Crippen LogP contribution is -2.59. The molecule has 1 spiro atoms. The van der Waals surface area contributed by atoms with Gasteiger partial charge in [0.05, 0.1) is 18.7 Å². The van der Waals surface area contributed by atoms with E-state index in [1.54, 1.807) is 0 Å². The van der Waals surface area contributed by atoms with E-state index in [2.05, 4.69) is 27.3 Å². The Bertz CT molecular complexity index is 1540. The fourth-order valence-electron chi connectivity index (χ4n) is 8.14. The molecule has 0 amide bonds. The van der Waals surface area contributed by atoms with E-state index >= 15 is 0 Å². The van der Waals surface area contributed by atoms with Gasteiger partial charge in [0, 0.05) is 73.5 Å². The molecule has 13 heteroatoms. The number of nitrogen functional groups attached to an aromatic ring is 1. The van der Waals surface area contributed by atoms with Crippen LogP contribution in [-0.4, -0.2) is 85.3 Å². The van der Waals surface area contributed by atoms with Gasteiger partial charge < -0.3 is 25.6 Å². The maximum atomic E-state index is 13.8. The third-order valence-electron chi connectivity index (χ3n) is 10.5. The van der Waals surface area contributed by atoms with E-state index in [-0.39, 0.29) is 29.8 Å². The summed E-state index contributed by atoms with van der Waals surface area (Å²) in [6.45, 7) is 3.99. The smallest absolute Gasteiger partial charge is 0.320 e. The van der Waals surface area contributed by atoms with Crippen LogP contribution in [0.3, 0.4) is 0 Å². The molecule has 4 saturated heterocycles. The molecule has 10 nitrogen and oxygen atoms in total. The minimum absolute atomic E-state index is 0.0886. The molecule has 2 atom stereocenters. The van der Waals surface area contributed by atoms with Gasteiger partial charge in [0.25, 0.3) is 5.92 Å². The Morgan fingerprint density at radius 3 is 2.30 bits per heavy atom. The predicted octanol–water partition coefficient (Wildman–Crippen LogP) is 3.01. The van der Waals surface area contributed by atoms with Crippen molar-refractivity contribution in [2.75, 3.05) is 68.0 Å². The number of ether oxygens (including phenoxy) is 1. The van der Waals surface area contributed by atoms with Crippen LogP contribution in [-0.2, 0) is 11.8 Å². The topological polar surface area (TPSA) is 130 Å². The lowest BCUT2D eigenvalue weighted by molar-refractivity contribution is 0.00932. The molecule has 226 valence electrons. The van der Waals surface area contributed by atoms with Crippen LogP contribution in [0.2, 0.25) is 0 Å². The van der Waals surface area contributed by atoms with E-state index in [0.717, 1.165) is 57.2 Å². The molecule has 0 radical (unpaired) electrons. The zero-order chi connectivity index (χ0) is 29.6. The molecule has 6 aliphatic rings. The molecular formula is C30H35F2N9OS. The first-order valence-electron chi connectivity index (χ1n) is 15.3. The second-order valence-corrected chi connectivity index (χ2v) is 14.8. The van der Waals surface area contributed by atoms with Gasteiger partial charge in [-0.25, -0.2) is 8.78 Å². The second-order valence-electron chi connectivity index (χ2n) is 13.7. The van der Waals surface area contributed by atoms with E-state index in [1.807, 2.05) is 4.90 Å². The molecule has 5 fully saturated rings. The summed E-state index contributed by atoms with van der Waals surface area (Å²) in [5.74, 6) is -1.44. The summed E-state index contributed by atoms with van der Waals surface area (Å²) < 4.78 is 34.0. The Kier molecular flexibility index (Phi) is 6.11. The quantitative estimate of drug-likeness (QED) is 0.485. The summed E-state index contributed by atoms with van der Waals surface area (Å²) in [7, 11) is 0. The summed E-state index contributed by atoms with van der Waals surface area (Å²) >= 11 is 1.52. The number of nitrogens with one attached hydrogen (secondary N) is 1. The van der Waals surface area contributed by atoms with Crippen molar-refractivity contribution in [1.29, 1.82) is 10.5 Å². The molecule has 6 heterocycles. The summed E-state index contributed by atoms with van der Waals surface area (Å²) in [6.07, 6.45) is 5.82. The molecule has 8 rings (SSSR count). The van der Waals surface area contributed by atoms with E-state index < -0.39 is 5.92 Å². The van der Waals surface area contributed by atoms with Crippen LogP contribution >= 0.6 is 11.3 Å². The summed E-state index contributed by atoms with van der Waals surface area (Å²) in [5.41, 5.74) is 7.99. The van der Waals surface area contributed by atoms with Gasteiger partial charge in [-0.15, -0.1) is 11.3 Å². The van der Waals surface area contributed by atoms with Gasteiger partial charge >= 0.3 is 6.01 Å². The van der Waals surface area contributed by atoms with Crippen LogP contribution in [0.25, 0.3) is 0 Å². The number of alkyl halides is 2. The number of halogens is 2. The van der Waals surface area contributed by atoms with Gasteiger partial charge in [-0.2, -0.15) is 20.5 Å². The zero-order valence-corrected chi connectivity index (χ0v) is 24.9. The molecule has 4 aliphatic heterocycles. The highest BCUT2D eigenvalue weighted by atomic mass is 32.1. The number of nitriles is 2. The number of hydrogen-bond donors (Lipinski definition) is 2. The number of likely N-dealkylation sites (tertiary alicyclic amines) is 1. The van der Waals surface area contributed by atoms with E-state index in [9.17, 15) is 19.3 Å². The van der Waals surface area contributed by atoms with Crippen LogP contribution in [0.4, 0.5) is 25.4 Å². The predicted molar refractivity (Wildman–Crippen MR) is 158 cm³/mol. The van der Waals surface area contributed by atoms with Gasteiger partial charge in [-0.05, 0) is 44.1 Å². The highest BCUT2D eigenvalue weighted by molar-refractivity contribution is 7.16. The number of thiophene rings is 1. The average molecular weight is 608 g/mol. The number of hydrogen-bond acceptors (Lipinski definition) is 11. The first kappa shape index (κ1) is 27.3. The number of nitrogens with two attached hydrogens (primary N) is 1. The Labute approximate surface area is 253 Å². The molecule has 1 unspecified atom stereocenters. The van der Waals surface area contributed by atoms with Gasteiger partial charge in [-0.3, -0.25) is 4.90 Å². The van der Waals surface area contributed by atoms with Crippen molar-refractivity contribution in [1.82, 2.24) is 20.2 Å². The van der Waals surface area contributed by atoms with Crippen molar-refractivity contribution in [3.8, 4) is 18.1 Å². The second kappa shape index (κ2) is 9.62. The minimum Gasteiger partial charge on any atom is -0.463 e. The fraction of sp³-hybridized carbons (Fsp3) is 0.667. The third kappa shape index (κ3) is 4.59. The van der Waals surface area contributed by atoms with Crippen molar-refractivity contribution in [2.45, 2.75) is 68.4 Å². The van der Waals surface area contributed by atoms with Crippen molar-refractivity contribution < 1.29 is 13.5 Å². The van der Waals surface area contributed by atoms with Gasteiger partial charge in [0.2, 0.25) is 0 Å². The van der Waals surface area contributed by atoms with Crippen LogP contribution in [0.15, 0.2) is 0 Å². The Morgan fingerprint density at radius 2 is 1.67 bits per heavy atom. The number of nitrogens with zero attached hydrogens (tertiary/aromatic N) is 7. The standard InChI is InChI=1S/C30H35F2N9OS/c31-30(32)7-8-39(16-30)13-28(5-6-28)17-42-27-37-25(40-11-18-1-2-19(12-40)36-18)21(10-34)26(38-27)41-14-29(15-41)4-3-22-23(29)20(9-33)24(35)43-22/h18-19,36H,1-8,11-17,35H2/t18-,19?/m0/s1. The van der Waals surface area contributed by atoms with Crippen molar-refractivity contribution in [2.24, 2.45) is 5.41 Å². The number of anilines is 3. The van der Waals surface area contributed by atoms with Gasteiger partial charge in [-0.1, -0.05) is 0 Å².